The van der Waals surface area contributed by atoms with Crippen LogP contribution >= 0.6 is 15.9 Å². The van der Waals surface area contributed by atoms with Crippen LogP contribution in [-0.2, 0) is 4.74 Å². The van der Waals surface area contributed by atoms with Crippen molar-refractivity contribution in [1.82, 2.24) is 0 Å². The summed E-state index contributed by atoms with van der Waals surface area (Å²) in [6, 6.07) is 5.24. The highest BCUT2D eigenvalue weighted by molar-refractivity contribution is 9.10. The first-order valence-corrected chi connectivity index (χ1v) is 6.26. The highest BCUT2D eigenvalue weighted by Gasteiger charge is 2.18. The van der Waals surface area contributed by atoms with Crippen LogP contribution < -0.4 is 4.90 Å². The van der Waals surface area contributed by atoms with Crippen LogP contribution in [0.5, 0.6) is 0 Å². The molecule has 0 aromatic heterocycles. The zero-order valence-corrected chi connectivity index (χ0v) is 11.1. The molecule has 1 atom stereocenters. The molecule has 1 saturated heterocycles. The summed E-state index contributed by atoms with van der Waals surface area (Å²) in [5.41, 5.74) is 1.22. The fourth-order valence-corrected chi connectivity index (χ4v) is 2.41. The first kappa shape index (κ1) is 12.4. The van der Waals surface area contributed by atoms with E-state index in [0.717, 1.165) is 23.2 Å². The van der Waals surface area contributed by atoms with Gasteiger partial charge < -0.3 is 14.7 Å². The van der Waals surface area contributed by atoms with E-state index in [1.807, 2.05) is 13.0 Å². The first-order valence-electron chi connectivity index (χ1n) is 5.46. The lowest BCUT2D eigenvalue weighted by molar-refractivity contribution is 0.0532. The third-order valence-corrected chi connectivity index (χ3v) is 3.19. The van der Waals surface area contributed by atoms with Crippen molar-refractivity contribution >= 4 is 27.6 Å². The number of rotatable bonds is 2. The Kier molecular flexibility index (Phi) is 3.69. The van der Waals surface area contributed by atoms with Gasteiger partial charge in [0.2, 0.25) is 0 Å². The van der Waals surface area contributed by atoms with Crippen LogP contribution in [0.3, 0.4) is 0 Å². The molecule has 2 rings (SSSR count). The summed E-state index contributed by atoms with van der Waals surface area (Å²) < 4.78 is 6.25. The SMILES string of the molecule is CC1CN(c2cc(Br)cc(C(=O)O)c2)CCO1. The lowest BCUT2D eigenvalue weighted by atomic mass is 10.1. The normalized spacial score (nSPS) is 20.4. The molecule has 1 aromatic carbocycles. The molecule has 0 bridgehead atoms. The van der Waals surface area contributed by atoms with Gasteiger partial charge in [-0.05, 0) is 25.1 Å². The number of carbonyl (C=O) groups is 1. The number of ether oxygens (including phenoxy) is 1. The van der Waals surface area contributed by atoms with E-state index in [0.29, 0.717) is 12.2 Å². The molecule has 1 N–H and O–H groups in total. The molecular weight excluding hydrogens is 286 g/mol. The fraction of sp³-hybridized carbons (Fsp3) is 0.417. The number of morpholine rings is 1. The van der Waals surface area contributed by atoms with Crippen LogP contribution in [0.15, 0.2) is 22.7 Å². The van der Waals surface area contributed by atoms with Gasteiger partial charge in [-0.2, -0.15) is 0 Å². The number of benzene rings is 1. The molecule has 17 heavy (non-hydrogen) atoms. The van der Waals surface area contributed by atoms with Gasteiger partial charge in [0.25, 0.3) is 0 Å². The lowest BCUT2D eigenvalue weighted by Gasteiger charge is -2.33. The summed E-state index contributed by atoms with van der Waals surface area (Å²) in [4.78, 5) is 13.1. The fourth-order valence-electron chi connectivity index (χ4n) is 1.93. The molecule has 0 saturated carbocycles. The predicted octanol–water partition coefficient (Wildman–Crippen LogP) is 2.37. The number of halogens is 1. The van der Waals surface area contributed by atoms with Crippen LogP contribution in [0.2, 0.25) is 0 Å². The van der Waals surface area contributed by atoms with E-state index >= 15 is 0 Å². The van der Waals surface area contributed by atoms with Crippen LogP contribution in [-0.4, -0.2) is 36.9 Å². The summed E-state index contributed by atoms with van der Waals surface area (Å²) in [6.45, 7) is 4.27. The molecule has 4 nitrogen and oxygen atoms in total. The quantitative estimate of drug-likeness (QED) is 0.911. The molecule has 1 heterocycles. The Labute approximate surface area is 108 Å². The number of hydrogen-bond donors (Lipinski definition) is 1. The van der Waals surface area contributed by atoms with Gasteiger partial charge in [-0.1, -0.05) is 15.9 Å². The van der Waals surface area contributed by atoms with Gasteiger partial charge in [0, 0.05) is 23.2 Å². The van der Waals surface area contributed by atoms with E-state index in [-0.39, 0.29) is 6.10 Å². The third kappa shape index (κ3) is 2.98. The highest BCUT2D eigenvalue weighted by Crippen LogP contribution is 2.24. The molecule has 1 aliphatic rings. The van der Waals surface area contributed by atoms with Crippen molar-refractivity contribution in [2.75, 3.05) is 24.6 Å². The Hall–Kier alpha value is -1.07. The zero-order chi connectivity index (χ0) is 12.4. The van der Waals surface area contributed by atoms with E-state index in [4.69, 9.17) is 9.84 Å². The Morgan fingerprint density at radius 1 is 1.53 bits per heavy atom. The van der Waals surface area contributed by atoms with Gasteiger partial charge in [-0.15, -0.1) is 0 Å². The second-order valence-corrected chi connectivity index (χ2v) is 5.05. The molecule has 1 fully saturated rings. The maximum atomic E-state index is 11.0. The van der Waals surface area contributed by atoms with E-state index in [1.54, 1.807) is 12.1 Å². The summed E-state index contributed by atoms with van der Waals surface area (Å²) in [7, 11) is 0. The molecule has 0 amide bonds. The van der Waals surface area contributed by atoms with E-state index < -0.39 is 5.97 Å². The molecule has 0 radical (unpaired) electrons. The topological polar surface area (TPSA) is 49.8 Å². The van der Waals surface area contributed by atoms with Crippen molar-refractivity contribution in [1.29, 1.82) is 0 Å². The molecule has 92 valence electrons. The van der Waals surface area contributed by atoms with Crippen molar-refractivity contribution in [2.45, 2.75) is 13.0 Å². The minimum absolute atomic E-state index is 0.177. The monoisotopic (exact) mass is 299 g/mol. The number of carboxylic acids is 1. The molecule has 1 aliphatic heterocycles. The van der Waals surface area contributed by atoms with Crippen molar-refractivity contribution < 1.29 is 14.6 Å². The lowest BCUT2D eigenvalue weighted by Crippen LogP contribution is -2.41. The second-order valence-electron chi connectivity index (χ2n) is 4.13. The third-order valence-electron chi connectivity index (χ3n) is 2.74. The number of hydrogen-bond acceptors (Lipinski definition) is 3. The van der Waals surface area contributed by atoms with E-state index in [2.05, 4.69) is 20.8 Å². The number of anilines is 1. The summed E-state index contributed by atoms with van der Waals surface area (Å²) in [5, 5.41) is 9.02. The Morgan fingerprint density at radius 2 is 2.29 bits per heavy atom. The number of nitrogens with zero attached hydrogens (tertiary/aromatic N) is 1. The van der Waals surface area contributed by atoms with Gasteiger partial charge in [0.1, 0.15) is 0 Å². The predicted molar refractivity (Wildman–Crippen MR) is 68.7 cm³/mol. The standard InChI is InChI=1S/C12H14BrNO3/c1-8-7-14(2-3-17-8)11-5-9(12(15)16)4-10(13)6-11/h4-6,8H,2-3,7H2,1H3,(H,15,16). The van der Waals surface area contributed by atoms with E-state index in [1.165, 1.54) is 0 Å². The van der Waals surface area contributed by atoms with Gasteiger partial charge in [-0.25, -0.2) is 4.79 Å². The molecule has 1 aromatic rings. The Bertz CT molecular complexity index is 436. The molecule has 0 aliphatic carbocycles. The molecular formula is C12H14BrNO3. The number of aromatic carboxylic acids is 1. The maximum Gasteiger partial charge on any atom is 0.335 e. The Balaban J connectivity index is 2.28. The average molecular weight is 300 g/mol. The van der Waals surface area contributed by atoms with Crippen molar-refractivity contribution in [3.05, 3.63) is 28.2 Å². The minimum Gasteiger partial charge on any atom is -0.478 e. The Morgan fingerprint density at radius 3 is 2.94 bits per heavy atom. The van der Waals surface area contributed by atoms with Crippen molar-refractivity contribution in [2.24, 2.45) is 0 Å². The van der Waals surface area contributed by atoms with E-state index in [9.17, 15) is 4.79 Å². The number of carboxylic acid groups (broad SMARTS) is 1. The van der Waals surface area contributed by atoms with Gasteiger partial charge >= 0.3 is 5.97 Å². The van der Waals surface area contributed by atoms with Crippen molar-refractivity contribution in [3.63, 3.8) is 0 Å². The smallest absolute Gasteiger partial charge is 0.335 e. The second kappa shape index (κ2) is 5.06. The summed E-state index contributed by atoms with van der Waals surface area (Å²) in [6.07, 6.45) is 0.177. The van der Waals surface area contributed by atoms with Crippen molar-refractivity contribution in [3.8, 4) is 0 Å². The van der Waals surface area contributed by atoms with Crippen LogP contribution in [0.4, 0.5) is 5.69 Å². The molecule has 0 spiro atoms. The largest absolute Gasteiger partial charge is 0.478 e. The first-order chi connectivity index (χ1) is 8.06. The maximum absolute atomic E-state index is 11.0. The van der Waals surface area contributed by atoms with Crippen LogP contribution in [0.1, 0.15) is 17.3 Å². The van der Waals surface area contributed by atoms with Gasteiger partial charge in [0.15, 0.2) is 0 Å². The molecule has 1 unspecified atom stereocenters. The molecule has 5 heteroatoms. The minimum atomic E-state index is -0.908. The van der Waals surface area contributed by atoms with Crippen LogP contribution in [0, 0.1) is 0 Å². The average Bonchev–Trinajstić information content (AvgIpc) is 2.28. The highest BCUT2D eigenvalue weighted by atomic mass is 79.9. The zero-order valence-electron chi connectivity index (χ0n) is 9.52. The van der Waals surface area contributed by atoms with Crippen LogP contribution in [0.25, 0.3) is 0 Å². The summed E-state index contributed by atoms with van der Waals surface area (Å²) >= 11 is 3.34. The van der Waals surface area contributed by atoms with Gasteiger partial charge in [-0.3, -0.25) is 0 Å². The van der Waals surface area contributed by atoms with Gasteiger partial charge in [0.05, 0.1) is 18.3 Å². The summed E-state index contributed by atoms with van der Waals surface area (Å²) in [5.74, 6) is -0.908.